The number of nitrogens with two attached hydrogens (primary N) is 1. The van der Waals surface area contributed by atoms with E-state index in [-0.39, 0.29) is 11.9 Å². The Bertz CT molecular complexity index is 199. The molecule has 1 atom stereocenters. The summed E-state index contributed by atoms with van der Waals surface area (Å²) in [5, 5.41) is 0. The van der Waals surface area contributed by atoms with E-state index in [1.54, 1.807) is 0 Å². The molecule has 0 spiro atoms. The number of carbonyl (C=O) groups is 1. The predicted molar refractivity (Wildman–Crippen MR) is 57.8 cm³/mol. The van der Waals surface area contributed by atoms with E-state index in [0.717, 1.165) is 25.8 Å². The quantitative estimate of drug-likeness (QED) is 0.725. The molecule has 3 heteroatoms. The molecule has 0 aromatic carbocycles. The molecule has 0 saturated heterocycles. The number of amides is 1. The highest BCUT2D eigenvalue weighted by Gasteiger charge is 2.33. The Kier molecular flexibility index (Phi) is 3.93. The SMILES string of the molecule is CCN(C(=O)[C@H](N)CC(C)C)C1CC1. The summed E-state index contributed by atoms with van der Waals surface area (Å²) in [5.41, 5.74) is 5.87. The van der Waals surface area contributed by atoms with E-state index in [2.05, 4.69) is 13.8 Å². The summed E-state index contributed by atoms with van der Waals surface area (Å²) in [6, 6.07) is 0.196. The van der Waals surface area contributed by atoms with Gasteiger partial charge in [0.05, 0.1) is 6.04 Å². The molecule has 2 N–H and O–H groups in total. The first-order valence-electron chi connectivity index (χ1n) is 5.62. The molecule has 82 valence electrons. The Labute approximate surface area is 86.6 Å². The molecular weight excluding hydrogens is 176 g/mol. The summed E-state index contributed by atoms with van der Waals surface area (Å²) in [7, 11) is 0. The molecule has 0 bridgehead atoms. The van der Waals surface area contributed by atoms with Gasteiger partial charge in [-0.25, -0.2) is 0 Å². The van der Waals surface area contributed by atoms with Gasteiger partial charge < -0.3 is 10.6 Å². The number of carbonyl (C=O) groups excluding carboxylic acids is 1. The van der Waals surface area contributed by atoms with Crippen LogP contribution >= 0.6 is 0 Å². The number of hydrogen-bond donors (Lipinski definition) is 1. The van der Waals surface area contributed by atoms with E-state index in [1.165, 1.54) is 0 Å². The number of rotatable bonds is 5. The Balaban J connectivity index is 2.44. The molecular formula is C11H22N2O. The number of hydrogen-bond acceptors (Lipinski definition) is 2. The summed E-state index contributed by atoms with van der Waals surface area (Å²) in [4.78, 5) is 13.8. The minimum absolute atomic E-state index is 0.142. The summed E-state index contributed by atoms with van der Waals surface area (Å²) in [5.74, 6) is 0.635. The van der Waals surface area contributed by atoms with Crippen LogP contribution in [0.2, 0.25) is 0 Å². The summed E-state index contributed by atoms with van der Waals surface area (Å²) in [6.45, 7) is 7.02. The molecule has 14 heavy (non-hydrogen) atoms. The molecule has 0 heterocycles. The smallest absolute Gasteiger partial charge is 0.239 e. The van der Waals surface area contributed by atoms with Crippen LogP contribution in [0.25, 0.3) is 0 Å². The second-order valence-corrected chi connectivity index (χ2v) is 4.59. The lowest BCUT2D eigenvalue weighted by molar-refractivity contribution is -0.133. The number of nitrogens with zero attached hydrogens (tertiary/aromatic N) is 1. The first-order chi connectivity index (χ1) is 6.56. The minimum atomic E-state index is -0.296. The molecule has 1 aliphatic rings. The van der Waals surface area contributed by atoms with Gasteiger partial charge >= 0.3 is 0 Å². The zero-order valence-electron chi connectivity index (χ0n) is 9.49. The maximum absolute atomic E-state index is 11.9. The van der Waals surface area contributed by atoms with Gasteiger partial charge in [-0.2, -0.15) is 0 Å². The maximum Gasteiger partial charge on any atom is 0.239 e. The third-order valence-corrected chi connectivity index (χ3v) is 2.65. The number of likely N-dealkylation sites (N-methyl/N-ethyl adjacent to an activating group) is 1. The lowest BCUT2D eigenvalue weighted by Crippen LogP contribution is -2.45. The zero-order valence-corrected chi connectivity index (χ0v) is 9.49. The fraction of sp³-hybridized carbons (Fsp3) is 0.909. The van der Waals surface area contributed by atoms with E-state index >= 15 is 0 Å². The van der Waals surface area contributed by atoms with Crippen molar-refractivity contribution in [1.82, 2.24) is 4.90 Å². The Morgan fingerprint density at radius 1 is 1.50 bits per heavy atom. The van der Waals surface area contributed by atoms with E-state index in [9.17, 15) is 4.79 Å². The minimum Gasteiger partial charge on any atom is -0.339 e. The summed E-state index contributed by atoms with van der Waals surface area (Å²) < 4.78 is 0. The van der Waals surface area contributed by atoms with Crippen LogP contribution in [0, 0.1) is 5.92 Å². The fourth-order valence-corrected chi connectivity index (χ4v) is 1.80. The van der Waals surface area contributed by atoms with Crippen LogP contribution in [0.5, 0.6) is 0 Å². The average Bonchev–Trinajstić information content (AvgIpc) is 2.88. The van der Waals surface area contributed by atoms with Crippen molar-refractivity contribution in [1.29, 1.82) is 0 Å². The van der Waals surface area contributed by atoms with Crippen molar-refractivity contribution in [3.8, 4) is 0 Å². The Morgan fingerprint density at radius 3 is 2.43 bits per heavy atom. The molecule has 0 aromatic heterocycles. The van der Waals surface area contributed by atoms with Crippen molar-refractivity contribution in [2.24, 2.45) is 11.7 Å². The van der Waals surface area contributed by atoms with Crippen molar-refractivity contribution >= 4 is 5.91 Å². The normalized spacial score (nSPS) is 18.4. The van der Waals surface area contributed by atoms with Crippen molar-refractivity contribution < 1.29 is 4.79 Å². The van der Waals surface area contributed by atoms with E-state index < -0.39 is 0 Å². The van der Waals surface area contributed by atoms with Crippen LogP contribution in [0.4, 0.5) is 0 Å². The van der Waals surface area contributed by atoms with Gasteiger partial charge in [-0.1, -0.05) is 13.8 Å². The first-order valence-corrected chi connectivity index (χ1v) is 5.62. The van der Waals surface area contributed by atoms with E-state index in [1.807, 2.05) is 11.8 Å². The highest BCUT2D eigenvalue weighted by atomic mass is 16.2. The van der Waals surface area contributed by atoms with Crippen LogP contribution in [0.15, 0.2) is 0 Å². The maximum atomic E-state index is 11.9. The zero-order chi connectivity index (χ0) is 10.7. The van der Waals surface area contributed by atoms with Crippen LogP contribution in [0.1, 0.15) is 40.0 Å². The van der Waals surface area contributed by atoms with E-state index in [0.29, 0.717) is 12.0 Å². The summed E-state index contributed by atoms with van der Waals surface area (Å²) >= 11 is 0. The largest absolute Gasteiger partial charge is 0.339 e. The van der Waals surface area contributed by atoms with Gasteiger partial charge in [-0.15, -0.1) is 0 Å². The van der Waals surface area contributed by atoms with E-state index in [4.69, 9.17) is 5.73 Å². The van der Waals surface area contributed by atoms with Gasteiger partial charge in [0.15, 0.2) is 0 Å². The molecule has 1 fully saturated rings. The monoisotopic (exact) mass is 198 g/mol. The second kappa shape index (κ2) is 4.78. The topological polar surface area (TPSA) is 46.3 Å². The van der Waals surface area contributed by atoms with Crippen molar-refractivity contribution in [3.63, 3.8) is 0 Å². The molecule has 0 aliphatic heterocycles. The highest BCUT2D eigenvalue weighted by Crippen LogP contribution is 2.27. The third-order valence-electron chi connectivity index (χ3n) is 2.65. The molecule has 0 aromatic rings. The molecule has 1 rings (SSSR count). The van der Waals surface area contributed by atoms with Crippen molar-refractivity contribution in [3.05, 3.63) is 0 Å². The molecule has 1 saturated carbocycles. The third kappa shape index (κ3) is 2.98. The van der Waals surface area contributed by atoms with Crippen LogP contribution < -0.4 is 5.73 Å². The van der Waals surface area contributed by atoms with Gasteiger partial charge in [-0.05, 0) is 32.1 Å². The van der Waals surface area contributed by atoms with Gasteiger partial charge in [0, 0.05) is 12.6 Å². The fourth-order valence-electron chi connectivity index (χ4n) is 1.80. The van der Waals surface area contributed by atoms with Crippen molar-refractivity contribution in [2.75, 3.05) is 6.54 Å². The van der Waals surface area contributed by atoms with Crippen LogP contribution in [0.3, 0.4) is 0 Å². The van der Waals surface area contributed by atoms with Gasteiger partial charge in [-0.3, -0.25) is 4.79 Å². The Hall–Kier alpha value is -0.570. The molecule has 1 aliphatic carbocycles. The van der Waals surface area contributed by atoms with Crippen molar-refractivity contribution in [2.45, 2.75) is 52.1 Å². The average molecular weight is 198 g/mol. The highest BCUT2D eigenvalue weighted by molar-refractivity contribution is 5.82. The molecule has 3 nitrogen and oxygen atoms in total. The van der Waals surface area contributed by atoms with Gasteiger partial charge in [0.1, 0.15) is 0 Å². The predicted octanol–water partition coefficient (Wildman–Crippen LogP) is 1.37. The lowest BCUT2D eigenvalue weighted by atomic mass is 10.0. The standard InChI is InChI=1S/C11H22N2O/c1-4-13(9-5-6-9)11(14)10(12)7-8(2)3/h8-10H,4-7,12H2,1-3H3/t10-/m1/s1. The molecule has 0 radical (unpaired) electrons. The molecule has 1 amide bonds. The second-order valence-electron chi connectivity index (χ2n) is 4.59. The van der Waals surface area contributed by atoms with Crippen LogP contribution in [-0.2, 0) is 4.79 Å². The molecule has 0 unspecified atom stereocenters. The van der Waals surface area contributed by atoms with Gasteiger partial charge in [0.2, 0.25) is 5.91 Å². The Morgan fingerprint density at radius 2 is 2.07 bits per heavy atom. The first kappa shape index (κ1) is 11.5. The van der Waals surface area contributed by atoms with Gasteiger partial charge in [0.25, 0.3) is 0 Å². The lowest BCUT2D eigenvalue weighted by Gasteiger charge is -2.24. The summed E-state index contributed by atoms with van der Waals surface area (Å²) in [6.07, 6.45) is 3.12. The van der Waals surface area contributed by atoms with Crippen LogP contribution in [-0.4, -0.2) is 29.4 Å².